The molecule has 7 nitrogen and oxygen atoms in total. The number of amides is 2. The van der Waals surface area contributed by atoms with Gasteiger partial charge in [-0.15, -0.1) is 11.3 Å². The molecule has 0 fully saturated rings. The summed E-state index contributed by atoms with van der Waals surface area (Å²) in [5, 5.41) is 5.45. The van der Waals surface area contributed by atoms with Gasteiger partial charge in [-0.25, -0.2) is 4.98 Å². The van der Waals surface area contributed by atoms with Gasteiger partial charge in [0.15, 0.2) is 0 Å². The highest BCUT2D eigenvalue weighted by molar-refractivity contribution is 7.09. The monoisotopic (exact) mass is 475 g/mol. The lowest BCUT2D eigenvalue weighted by molar-refractivity contribution is -0.135. The van der Waals surface area contributed by atoms with E-state index in [2.05, 4.69) is 10.3 Å². The molecule has 2 amide bonds. The Kier molecular flexibility index (Phi) is 7.72. The first kappa shape index (κ1) is 23.3. The van der Waals surface area contributed by atoms with Crippen molar-refractivity contribution >= 4 is 28.8 Å². The van der Waals surface area contributed by atoms with E-state index in [-0.39, 0.29) is 31.3 Å². The zero-order chi connectivity index (χ0) is 23.8. The molecule has 0 radical (unpaired) electrons. The molecule has 34 heavy (non-hydrogen) atoms. The van der Waals surface area contributed by atoms with Crippen LogP contribution in [-0.4, -0.2) is 28.2 Å². The van der Waals surface area contributed by atoms with Crippen LogP contribution in [0.25, 0.3) is 0 Å². The average Bonchev–Trinajstić information content (AvgIpc) is 3.51. The number of rotatable bonds is 10. The van der Waals surface area contributed by atoms with Gasteiger partial charge in [-0.3, -0.25) is 9.59 Å². The molecule has 0 unspecified atom stereocenters. The summed E-state index contributed by atoms with van der Waals surface area (Å²) < 4.78 is 11.2. The van der Waals surface area contributed by atoms with Crippen molar-refractivity contribution < 1.29 is 18.7 Å². The van der Waals surface area contributed by atoms with Gasteiger partial charge in [0.2, 0.25) is 11.8 Å². The third-order valence-corrected chi connectivity index (χ3v) is 5.86. The number of carbonyl (C=O) groups is 2. The lowest BCUT2D eigenvalue weighted by atomic mass is 10.2. The van der Waals surface area contributed by atoms with E-state index in [9.17, 15) is 9.59 Å². The fourth-order valence-electron chi connectivity index (χ4n) is 3.26. The molecular weight excluding hydrogens is 450 g/mol. The van der Waals surface area contributed by atoms with E-state index in [0.717, 1.165) is 10.8 Å². The van der Waals surface area contributed by atoms with Crippen LogP contribution in [-0.2, 0) is 29.2 Å². The van der Waals surface area contributed by atoms with Gasteiger partial charge >= 0.3 is 0 Å². The van der Waals surface area contributed by atoms with E-state index in [1.165, 1.54) is 21.8 Å². The summed E-state index contributed by atoms with van der Waals surface area (Å²) in [6.45, 7) is 2.45. The summed E-state index contributed by atoms with van der Waals surface area (Å²) in [7, 11) is 0. The van der Waals surface area contributed by atoms with E-state index in [1.54, 1.807) is 30.5 Å². The molecule has 0 saturated carbocycles. The summed E-state index contributed by atoms with van der Waals surface area (Å²) >= 11 is 1.44. The SMILES string of the molecule is Cc1ccc(OCc2nc(CC(=O)N(CC(=O)Nc3ccccc3)Cc3ccco3)cs2)cc1. The summed E-state index contributed by atoms with van der Waals surface area (Å²) in [4.78, 5) is 31.7. The van der Waals surface area contributed by atoms with Crippen LogP contribution in [0.15, 0.2) is 82.8 Å². The van der Waals surface area contributed by atoms with E-state index >= 15 is 0 Å². The Bertz CT molecular complexity index is 1200. The molecular formula is C26H25N3O4S. The minimum absolute atomic E-state index is 0.0837. The quantitative estimate of drug-likeness (QED) is 0.355. The fraction of sp³-hybridized carbons (Fsp3) is 0.192. The minimum atomic E-state index is -0.281. The molecule has 0 aliphatic carbocycles. The number of ether oxygens (including phenoxy) is 1. The number of thiazole rings is 1. The van der Waals surface area contributed by atoms with Crippen molar-refractivity contribution in [1.29, 1.82) is 0 Å². The largest absolute Gasteiger partial charge is 0.486 e. The van der Waals surface area contributed by atoms with Crippen LogP contribution in [0.4, 0.5) is 5.69 Å². The van der Waals surface area contributed by atoms with Gasteiger partial charge in [0.1, 0.15) is 29.7 Å². The van der Waals surface area contributed by atoms with Gasteiger partial charge in [0.05, 0.1) is 24.9 Å². The molecule has 2 aromatic carbocycles. The van der Waals surface area contributed by atoms with Gasteiger partial charge in [-0.05, 0) is 43.3 Å². The highest BCUT2D eigenvalue weighted by atomic mass is 32.1. The number of aromatic nitrogens is 1. The Labute approximate surface area is 202 Å². The van der Waals surface area contributed by atoms with Crippen molar-refractivity contribution in [3.63, 3.8) is 0 Å². The second kappa shape index (κ2) is 11.3. The zero-order valence-electron chi connectivity index (χ0n) is 18.8. The molecule has 2 heterocycles. The van der Waals surface area contributed by atoms with Crippen molar-refractivity contribution in [2.75, 3.05) is 11.9 Å². The molecule has 1 N–H and O–H groups in total. The molecule has 8 heteroatoms. The fourth-order valence-corrected chi connectivity index (χ4v) is 3.97. The van der Waals surface area contributed by atoms with Gasteiger partial charge < -0.3 is 19.4 Å². The number of anilines is 1. The van der Waals surface area contributed by atoms with Gasteiger partial charge in [0.25, 0.3) is 0 Å². The first-order valence-electron chi connectivity index (χ1n) is 10.8. The zero-order valence-corrected chi connectivity index (χ0v) is 19.6. The maximum absolute atomic E-state index is 13.1. The number of nitrogens with zero attached hydrogens (tertiary/aromatic N) is 2. The summed E-state index contributed by atoms with van der Waals surface area (Å²) in [6.07, 6.45) is 1.63. The Morgan fingerprint density at radius 3 is 2.59 bits per heavy atom. The number of furan rings is 1. The second-order valence-electron chi connectivity index (χ2n) is 7.75. The normalized spacial score (nSPS) is 10.6. The molecule has 0 aliphatic heterocycles. The van der Waals surface area contributed by atoms with Crippen molar-refractivity contribution in [2.45, 2.75) is 26.5 Å². The number of para-hydroxylation sites is 1. The van der Waals surface area contributed by atoms with E-state index < -0.39 is 0 Å². The first-order chi connectivity index (χ1) is 16.5. The smallest absolute Gasteiger partial charge is 0.244 e. The predicted molar refractivity (Wildman–Crippen MR) is 131 cm³/mol. The molecule has 0 saturated heterocycles. The number of hydrogen-bond donors (Lipinski definition) is 1. The van der Waals surface area contributed by atoms with Crippen molar-refractivity contribution in [1.82, 2.24) is 9.88 Å². The van der Waals surface area contributed by atoms with Crippen molar-refractivity contribution in [3.05, 3.63) is 100 Å². The van der Waals surface area contributed by atoms with Crippen LogP contribution in [0.3, 0.4) is 0 Å². The van der Waals surface area contributed by atoms with Crippen LogP contribution in [0.5, 0.6) is 5.75 Å². The Balaban J connectivity index is 1.36. The molecule has 174 valence electrons. The number of hydrogen-bond acceptors (Lipinski definition) is 6. The van der Waals surface area contributed by atoms with Gasteiger partial charge in [0, 0.05) is 11.1 Å². The van der Waals surface area contributed by atoms with Crippen LogP contribution in [0.1, 0.15) is 22.0 Å². The summed E-state index contributed by atoms with van der Waals surface area (Å²) in [5.74, 6) is 0.881. The number of nitrogens with one attached hydrogen (secondary N) is 1. The standard InChI is InChI=1S/C26H25N3O4S/c1-19-9-11-22(12-10-19)33-17-25-28-21(18-34-25)14-26(31)29(15-23-8-5-13-32-23)16-24(30)27-20-6-3-2-4-7-20/h2-13,18H,14-17H2,1H3,(H,27,30). The van der Waals surface area contributed by atoms with Crippen molar-refractivity contribution in [2.24, 2.45) is 0 Å². The topological polar surface area (TPSA) is 84.7 Å². The third kappa shape index (κ3) is 6.79. The highest BCUT2D eigenvalue weighted by Crippen LogP contribution is 2.17. The van der Waals surface area contributed by atoms with Crippen molar-refractivity contribution in [3.8, 4) is 5.75 Å². The van der Waals surface area contributed by atoms with E-state index in [0.29, 0.717) is 23.7 Å². The van der Waals surface area contributed by atoms with Crippen LogP contribution in [0, 0.1) is 6.92 Å². The molecule has 0 spiro atoms. The summed E-state index contributed by atoms with van der Waals surface area (Å²) in [6, 6.07) is 20.5. The third-order valence-electron chi connectivity index (χ3n) is 4.99. The maximum atomic E-state index is 13.1. The molecule has 0 bridgehead atoms. The number of aryl methyl sites for hydroxylation is 1. The van der Waals surface area contributed by atoms with Gasteiger partial charge in [-0.1, -0.05) is 35.9 Å². The maximum Gasteiger partial charge on any atom is 0.244 e. The molecule has 0 atom stereocenters. The van der Waals surface area contributed by atoms with E-state index in [1.807, 2.05) is 54.8 Å². The van der Waals surface area contributed by atoms with Gasteiger partial charge in [-0.2, -0.15) is 0 Å². The Hall–Kier alpha value is -3.91. The number of carbonyl (C=O) groups excluding carboxylic acids is 2. The van der Waals surface area contributed by atoms with Crippen LogP contribution in [0.2, 0.25) is 0 Å². The van der Waals surface area contributed by atoms with E-state index in [4.69, 9.17) is 9.15 Å². The van der Waals surface area contributed by atoms with Crippen LogP contribution >= 0.6 is 11.3 Å². The molecule has 2 aromatic heterocycles. The lowest BCUT2D eigenvalue weighted by Crippen LogP contribution is -2.38. The summed E-state index contributed by atoms with van der Waals surface area (Å²) in [5.41, 5.74) is 2.49. The second-order valence-corrected chi connectivity index (χ2v) is 8.70. The Morgan fingerprint density at radius 2 is 1.85 bits per heavy atom. The van der Waals surface area contributed by atoms with Crippen LogP contribution < -0.4 is 10.1 Å². The first-order valence-corrected chi connectivity index (χ1v) is 11.7. The molecule has 0 aliphatic rings. The lowest BCUT2D eigenvalue weighted by Gasteiger charge is -2.21. The molecule has 4 aromatic rings. The molecule has 4 rings (SSSR count). The average molecular weight is 476 g/mol. The minimum Gasteiger partial charge on any atom is -0.486 e. The number of benzene rings is 2. The Morgan fingerprint density at radius 1 is 1.06 bits per heavy atom. The highest BCUT2D eigenvalue weighted by Gasteiger charge is 2.20. The predicted octanol–water partition coefficient (Wildman–Crippen LogP) is 4.83.